The molecule has 3 aromatic carbocycles. The second-order valence-electron chi connectivity index (χ2n) is 6.78. The van der Waals surface area contributed by atoms with Crippen molar-refractivity contribution in [3.8, 4) is 17.2 Å². The van der Waals surface area contributed by atoms with Crippen LogP contribution in [0.2, 0.25) is 5.02 Å². The van der Waals surface area contributed by atoms with E-state index in [1.54, 1.807) is 67.7 Å². The van der Waals surface area contributed by atoms with Crippen LogP contribution in [-0.2, 0) is 0 Å². The zero-order valence-corrected chi connectivity index (χ0v) is 17.8. The highest BCUT2D eigenvalue weighted by Crippen LogP contribution is 2.29. The van der Waals surface area contributed by atoms with E-state index >= 15 is 0 Å². The Morgan fingerprint density at radius 2 is 1.75 bits per heavy atom. The standard InChI is InChI=1S/C24H19ClN4O3/c1-26-23(30)16-6-5-7-18(14-16)28-22-21(32-20-12-10-17(25)11-13-20)15-27-29(24(22)31)19-8-3-2-4-9-19/h2-15,28H,1H3,(H,26,30). The predicted molar refractivity (Wildman–Crippen MR) is 124 cm³/mol. The van der Waals surface area contributed by atoms with E-state index in [1.165, 1.54) is 10.9 Å². The van der Waals surface area contributed by atoms with Crippen molar-refractivity contribution in [1.29, 1.82) is 0 Å². The third-order valence-corrected chi connectivity index (χ3v) is 4.86. The maximum absolute atomic E-state index is 13.4. The number of carbonyl (C=O) groups excluding carboxylic acids is 1. The Bertz CT molecular complexity index is 1310. The molecular weight excluding hydrogens is 428 g/mol. The van der Waals surface area contributed by atoms with Gasteiger partial charge in [0, 0.05) is 23.3 Å². The van der Waals surface area contributed by atoms with Crippen LogP contribution in [0.4, 0.5) is 11.4 Å². The molecule has 0 bridgehead atoms. The minimum Gasteiger partial charge on any atom is -0.453 e. The highest BCUT2D eigenvalue weighted by atomic mass is 35.5. The van der Waals surface area contributed by atoms with Crippen molar-refractivity contribution in [1.82, 2.24) is 15.1 Å². The number of carbonyl (C=O) groups is 1. The molecule has 0 aliphatic heterocycles. The van der Waals surface area contributed by atoms with E-state index in [-0.39, 0.29) is 17.3 Å². The Kier molecular flexibility index (Phi) is 6.19. The Labute approximate surface area is 189 Å². The van der Waals surface area contributed by atoms with Gasteiger partial charge in [0.1, 0.15) is 5.75 Å². The second kappa shape index (κ2) is 9.36. The number of benzene rings is 3. The van der Waals surface area contributed by atoms with Crippen LogP contribution in [0.15, 0.2) is 89.9 Å². The van der Waals surface area contributed by atoms with Crippen molar-refractivity contribution >= 4 is 28.9 Å². The molecule has 0 unspecified atom stereocenters. The Balaban J connectivity index is 1.78. The number of ether oxygens (including phenoxy) is 1. The van der Waals surface area contributed by atoms with Crippen molar-refractivity contribution in [3.63, 3.8) is 0 Å². The molecule has 0 atom stereocenters. The molecule has 0 saturated carbocycles. The lowest BCUT2D eigenvalue weighted by atomic mass is 10.2. The number of amides is 1. The SMILES string of the molecule is CNC(=O)c1cccc(Nc2c(Oc3ccc(Cl)cc3)cnn(-c3ccccc3)c2=O)c1. The molecule has 4 rings (SSSR count). The Morgan fingerprint density at radius 1 is 1.00 bits per heavy atom. The van der Waals surface area contributed by atoms with Crippen molar-refractivity contribution in [2.24, 2.45) is 0 Å². The number of para-hydroxylation sites is 1. The minimum absolute atomic E-state index is 0.174. The molecule has 1 heterocycles. The van der Waals surface area contributed by atoms with Crippen LogP contribution in [0.3, 0.4) is 0 Å². The maximum Gasteiger partial charge on any atom is 0.299 e. The zero-order chi connectivity index (χ0) is 22.5. The van der Waals surface area contributed by atoms with Crippen molar-refractivity contribution in [2.75, 3.05) is 12.4 Å². The van der Waals surface area contributed by atoms with Crippen LogP contribution in [0.1, 0.15) is 10.4 Å². The molecule has 160 valence electrons. The fourth-order valence-electron chi connectivity index (χ4n) is 3.04. The summed E-state index contributed by atoms with van der Waals surface area (Å²) in [6.45, 7) is 0. The van der Waals surface area contributed by atoms with Gasteiger partial charge < -0.3 is 15.4 Å². The Morgan fingerprint density at radius 3 is 2.47 bits per heavy atom. The van der Waals surface area contributed by atoms with Crippen LogP contribution in [0.5, 0.6) is 11.5 Å². The summed E-state index contributed by atoms with van der Waals surface area (Å²) >= 11 is 5.95. The van der Waals surface area contributed by atoms with Gasteiger partial charge in [0.15, 0.2) is 11.4 Å². The molecule has 0 aliphatic rings. The minimum atomic E-state index is -0.409. The lowest BCUT2D eigenvalue weighted by Crippen LogP contribution is -2.24. The molecule has 0 saturated heterocycles. The normalized spacial score (nSPS) is 10.4. The number of hydrogen-bond donors (Lipinski definition) is 2. The number of nitrogens with zero attached hydrogens (tertiary/aromatic N) is 2. The van der Waals surface area contributed by atoms with E-state index in [0.717, 1.165) is 0 Å². The highest BCUT2D eigenvalue weighted by molar-refractivity contribution is 6.30. The topological polar surface area (TPSA) is 85.2 Å². The number of rotatable bonds is 6. The summed E-state index contributed by atoms with van der Waals surface area (Å²) in [6.07, 6.45) is 1.47. The zero-order valence-electron chi connectivity index (χ0n) is 17.1. The van der Waals surface area contributed by atoms with E-state index < -0.39 is 5.56 Å². The molecule has 32 heavy (non-hydrogen) atoms. The lowest BCUT2D eigenvalue weighted by molar-refractivity contribution is 0.0963. The number of anilines is 2. The van der Waals surface area contributed by atoms with Gasteiger partial charge in [-0.25, -0.2) is 0 Å². The molecule has 8 heteroatoms. The van der Waals surface area contributed by atoms with Crippen LogP contribution in [0, 0.1) is 0 Å². The van der Waals surface area contributed by atoms with Crippen molar-refractivity contribution < 1.29 is 9.53 Å². The van der Waals surface area contributed by atoms with E-state index in [9.17, 15) is 9.59 Å². The molecule has 1 amide bonds. The van der Waals surface area contributed by atoms with Crippen LogP contribution < -0.4 is 20.9 Å². The van der Waals surface area contributed by atoms with Crippen molar-refractivity contribution in [3.05, 3.63) is 106 Å². The lowest BCUT2D eigenvalue weighted by Gasteiger charge is -2.15. The van der Waals surface area contributed by atoms with Gasteiger partial charge in [-0.1, -0.05) is 35.9 Å². The number of halogens is 1. The summed E-state index contributed by atoms with van der Waals surface area (Å²) < 4.78 is 7.21. The smallest absolute Gasteiger partial charge is 0.299 e. The predicted octanol–water partition coefficient (Wildman–Crippen LogP) is 4.78. The van der Waals surface area contributed by atoms with E-state index in [4.69, 9.17) is 16.3 Å². The quantitative estimate of drug-likeness (QED) is 0.445. The fourth-order valence-corrected chi connectivity index (χ4v) is 3.17. The molecule has 7 nitrogen and oxygen atoms in total. The summed E-state index contributed by atoms with van der Waals surface area (Å²) in [4.78, 5) is 25.4. The summed E-state index contributed by atoms with van der Waals surface area (Å²) in [7, 11) is 1.56. The molecule has 4 aromatic rings. The third kappa shape index (κ3) is 4.63. The monoisotopic (exact) mass is 446 g/mol. The maximum atomic E-state index is 13.4. The number of nitrogens with one attached hydrogen (secondary N) is 2. The molecule has 2 N–H and O–H groups in total. The van der Waals surface area contributed by atoms with Gasteiger partial charge in [0.05, 0.1) is 11.9 Å². The molecular formula is C24H19ClN4O3. The van der Waals surface area contributed by atoms with Gasteiger partial charge in [-0.3, -0.25) is 9.59 Å². The molecule has 0 radical (unpaired) electrons. The van der Waals surface area contributed by atoms with E-state index in [2.05, 4.69) is 15.7 Å². The number of hydrogen-bond acceptors (Lipinski definition) is 5. The first kappa shape index (κ1) is 21.1. The first-order valence-electron chi connectivity index (χ1n) is 9.75. The summed E-state index contributed by atoms with van der Waals surface area (Å²) in [5.74, 6) is 0.493. The highest BCUT2D eigenvalue weighted by Gasteiger charge is 2.16. The van der Waals surface area contributed by atoms with Gasteiger partial charge in [-0.2, -0.15) is 9.78 Å². The van der Waals surface area contributed by atoms with Gasteiger partial charge in [-0.05, 0) is 54.6 Å². The van der Waals surface area contributed by atoms with Gasteiger partial charge >= 0.3 is 0 Å². The van der Waals surface area contributed by atoms with Crippen LogP contribution in [-0.4, -0.2) is 22.7 Å². The summed E-state index contributed by atoms with van der Waals surface area (Å²) in [5, 5.41) is 10.5. The van der Waals surface area contributed by atoms with Gasteiger partial charge in [0.25, 0.3) is 11.5 Å². The first-order valence-corrected chi connectivity index (χ1v) is 10.1. The number of aromatic nitrogens is 2. The van der Waals surface area contributed by atoms with Crippen molar-refractivity contribution in [2.45, 2.75) is 0 Å². The Hall–Kier alpha value is -4.10. The molecule has 0 spiro atoms. The summed E-state index contributed by atoms with van der Waals surface area (Å²) in [5.41, 5.74) is 1.38. The van der Waals surface area contributed by atoms with Crippen LogP contribution >= 0.6 is 11.6 Å². The fraction of sp³-hybridized carbons (Fsp3) is 0.0417. The van der Waals surface area contributed by atoms with Gasteiger partial charge in [0.2, 0.25) is 0 Å². The molecule has 1 aromatic heterocycles. The second-order valence-corrected chi connectivity index (χ2v) is 7.21. The molecule has 0 aliphatic carbocycles. The largest absolute Gasteiger partial charge is 0.453 e. The van der Waals surface area contributed by atoms with E-state index in [1.807, 2.05) is 18.2 Å². The molecule has 0 fully saturated rings. The van der Waals surface area contributed by atoms with Crippen LogP contribution in [0.25, 0.3) is 5.69 Å². The summed E-state index contributed by atoms with van der Waals surface area (Å²) in [6, 6.07) is 22.6. The third-order valence-electron chi connectivity index (χ3n) is 4.61. The first-order chi connectivity index (χ1) is 15.5. The average molecular weight is 447 g/mol. The van der Waals surface area contributed by atoms with Gasteiger partial charge in [-0.15, -0.1) is 0 Å². The average Bonchev–Trinajstić information content (AvgIpc) is 2.83. The van der Waals surface area contributed by atoms with E-state index in [0.29, 0.717) is 27.7 Å².